The second-order valence-corrected chi connectivity index (χ2v) is 7.68. The fourth-order valence-electron chi connectivity index (χ4n) is 3.87. The van der Waals surface area contributed by atoms with Crippen molar-refractivity contribution in [3.05, 3.63) is 60.2 Å². The van der Waals surface area contributed by atoms with Crippen molar-refractivity contribution in [2.75, 3.05) is 13.1 Å². The number of carbonyl (C=O) groups excluding carboxylic acids is 1. The van der Waals surface area contributed by atoms with Gasteiger partial charge in [-0.05, 0) is 51.2 Å². The fraction of sp³-hybridized carbons (Fsp3) is 0.409. The second-order valence-electron chi connectivity index (χ2n) is 7.68. The van der Waals surface area contributed by atoms with Gasteiger partial charge in [0.15, 0.2) is 0 Å². The standard InChI is InChI=1S/C22H26N6O/c1-16-12-25-20(15-24-16)22(29)27-9-5-18(6-10-27)7-11-28-17(2)13-26-21(28)19-4-3-8-23-14-19/h3-4,8,12-15,18H,5-7,9-11H2,1-2H3. The SMILES string of the molecule is Cc1cnc(C(=O)N2CCC(CCn3c(C)cnc3-c3cccnc3)CC2)cn1. The van der Waals surface area contributed by atoms with Crippen molar-refractivity contribution in [1.82, 2.24) is 29.4 Å². The van der Waals surface area contributed by atoms with E-state index in [4.69, 9.17) is 0 Å². The predicted molar refractivity (Wildman–Crippen MR) is 110 cm³/mol. The third-order valence-electron chi connectivity index (χ3n) is 5.64. The van der Waals surface area contributed by atoms with Crippen LogP contribution in [0.4, 0.5) is 0 Å². The molecule has 4 heterocycles. The highest BCUT2D eigenvalue weighted by Gasteiger charge is 2.24. The largest absolute Gasteiger partial charge is 0.337 e. The average molecular weight is 390 g/mol. The number of rotatable bonds is 5. The lowest BCUT2D eigenvalue weighted by molar-refractivity contribution is 0.0678. The zero-order valence-electron chi connectivity index (χ0n) is 17.0. The second kappa shape index (κ2) is 8.51. The number of aryl methyl sites for hydroxylation is 2. The summed E-state index contributed by atoms with van der Waals surface area (Å²) in [6, 6.07) is 3.98. The van der Waals surface area contributed by atoms with Crippen LogP contribution in [0.15, 0.2) is 43.1 Å². The van der Waals surface area contributed by atoms with Crippen molar-refractivity contribution in [3.8, 4) is 11.4 Å². The van der Waals surface area contributed by atoms with Gasteiger partial charge in [-0.15, -0.1) is 0 Å². The van der Waals surface area contributed by atoms with Gasteiger partial charge in [0.1, 0.15) is 11.5 Å². The topological polar surface area (TPSA) is 76.8 Å². The zero-order chi connectivity index (χ0) is 20.2. The predicted octanol–water partition coefficient (Wildman–Crippen LogP) is 3.29. The van der Waals surface area contributed by atoms with Gasteiger partial charge in [-0.1, -0.05) is 0 Å². The minimum Gasteiger partial charge on any atom is -0.337 e. The quantitative estimate of drug-likeness (QED) is 0.668. The number of hydrogen-bond acceptors (Lipinski definition) is 5. The lowest BCUT2D eigenvalue weighted by Gasteiger charge is -2.32. The van der Waals surface area contributed by atoms with Gasteiger partial charge in [-0.2, -0.15) is 0 Å². The number of imidazole rings is 1. The maximum absolute atomic E-state index is 12.6. The Hall–Kier alpha value is -3.09. The first-order valence-electron chi connectivity index (χ1n) is 10.1. The normalized spacial score (nSPS) is 14.9. The van der Waals surface area contributed by atoms with Crippen molar-refractivity contribution in [2.24, 2.45) is 5.92 Å². The molecule has 0 saturated carbocycles. The van der Waals surface area contributed by atoms with Gasteiger partial charge in [-0.25, -0.2) is 9.97 Å². The third-order valence-corrected chi connectivity index (χ3v) is 5.64. The molecule has 3 aromatic rings. The summed E-state index contributed by atoms with van der Waals surface area (Å²) in [6.07, 6.45) is 11.9. The number of amides is 1. The van der Waals surface area contributed by atoms with Crippen LogP contribution in [0, 0.1) is 19.8 Å². The maximum Gasteiger partial charge on any atom is 0.274 e. The minimum atomic E-state index is -0.0136. The van der Waals surface area contributed by atoms with Crippen LogP contribution in [-0.4, -0.2) is 48.4 Å². The van der Waals surface area contributed by atoms with Gasteiger partial charge in [-0.3, -0.25) is 14.8 Å². The third kappa shape index (κ3) is 4.34. The molecule has 0 N–H and O–H groups in total. The molecule has 0 bridgehead atoms. The molecule has 1 saturated heterocycles. The van der Waals surface area contributed by atoms with Crippen LogP contribution in [0.25, 0.3) is 11.4 Å². The molecular weight excluding hydrogens is 364 g/mol. The van der Waals surface area contributed by atoms with E-state index in [1.807, 2.05) is 36.4 Å². The number of hydrogen-bond donors (Lipinski definition) is 0. The zero-order valence-corrected chi connectivity index (χ0v) is 17.0. The smallest absolute Gasteiger partial charge is 0.274 e. The van der Waals surface area contributed by atoms with Crippen molar-refractivity contribution in [2.45, 2.75) is 39.7 Å². The van der Waals surface area contributed by atoms with E-state index >= 15 is 0 Å². The van der Waals surface area contributed by atoms with E-state index in [0.29, 0.717) is 11.6 Å². The molecule has 0 unspecified atom stereocenters. The van der Waals surface area contributed by atoms with Crippen molar-refractivity contribution in [1.29, 1.82) is 0 Å². The van der Waals surface area contributed by atoms with Gasteiger partial charge in [0.25, 0.3) is 5.91 Å². The first kappa shape index (κ1) is 19.2. The molecule has 1 aliphatic rings. The van der Waals surface area contributed by atoms with Crippen molar-refractivity contribution < 1.29 is 4.79 Å². The molecule has 1 fully saturated rings. The number of piperidine rings is 1. The molecule has 150 valence electrons. The number of carbonyl (C=O) groups is 1. The van der Waals surface area contributed by atoms with Gasteiger partial charge in [0.05, 0.1) is 11.9 Å². The summed E-state index contributed by atoms with van der Waals surface area (Å²) in [5, 5.41) is 0. The molecule has 1 aliphatic heterocycles. The van der Waals surface area contributed by atoms with Gasteiger partial charge in [0.2, 0.25) is 0 Å². The molecule has 29 heavy (non-hydrogen) atoms. The first-order valence-corrected chi connectivity index (χ1v) is 10.1. The first-order chi connectivity index (χ1) is 14.1. The van der Waals surface area contributed by atoms with Gasteiger partial charge in [0, 0.05) is 55.7 Å². The van der Waals surface area contributed by atoms with Crippen LogP contribution in [0.3, 0.4) is 0 Å². The summed E-state index contributed by atoms with van der Waals surface area (Å²) in [4.78, 5) is 31.7. The Bertz CT molecular complexity index is 959. The summed E-state index contributed by atoms with van der Waals surface area (Å²) in [5.41, 5.74) is 3.46. The molecule has 1 amide bonds. The molecule has 0 aromatic carbocycles. The lowest BCUT2D eigenvalue weighted by Crippen LogP contribution is -2.39. The van der Waals surface area contributed by atoms with E-state index in [-0.39, 0.29) is 5.91 Å². The number of aromatic nitrogens is 5. The molecule has 4 rings (SSSR count). The summed E-state index contributed by atoms with van der Waals surface area (Å²) < 4.78 is 2.27. The van der Waals surface area contributed by atoms with Gasteiger partial charge >= 0.3 is 0 Å². The van der Waals surface area contributed by atoms with Crippen molar-refractivity contribution >= 4 is 5.91 Å². The van der Waals surface area contributed by atoms with E-state index in [9.17, 15) is 4.79 Å². The molecule has 3 aromatic heterocycles. The van der Waals surface area contributed by atoms with E-state index in [1.165, 1.54) is 0 Å². The Labute approximate surface area is 170 Å². The van der Waals surface area contributed by atoms with Crippen molar-refractivity contribution in [3.63, 3.8) is 0 Å². The Morgan fingerprint density at radius 3 is 2.59 bits per heavy atom. The Balaban J connectivity index is 1.34. The summed E-state index contributed by atoms with van der Waals surface area (Å²) >= 11 is 0. The summed E-state index contributed by atoms with van der Waals surface area (Å²) in [5.74, 6) is 1.56. The van der Waals surface area contributed by atoms with Gasteiger partial charge < -0.3 is 9.47 Å². The monoisotopic (exact) mass is 390 g/mol. The van der Waals surface area contributed by atoms with Crippen LogP contribution < -0.4 is 0 Å². The maximum atomic E-state index is 12.6. The summed E-state index contributed by atoms with van der Waals surface area (Å²) in [7, 11) is 0. The van der Waals surface area contributed by atoms with Crippen LogP contribution in [0.2, 0.25) is 0 Å². The van der Waals surface area contributed by atoms with E-state index in [0.717, 1.165) is 61.7 Å². The fourth-order valence-corrected chi connectivity index (χ4v) is 3.87. The Morgan fingerprint density at radius 1 is 1.07 bits per heavy atom. The van der Waals surface area contributed by atoms with E-state index in [1.54, 1.807) is 18.6 Å². The van der Waals surface area contributed by atoms with Crippen LogP contribution in [0.5, 0.6) is 0 Å². The highest BCUT2D eigenvalue weighted by molar-refractivity contribution is 5.92. The molecule has 0 spiro atoms. The molecule has 0 atom stereocenters. The molecular formula is C22H26N6O. The number of likely N-dealkylation sites (tertiary alicyclic amines) is 1. The average Bonchev–Trinajstić information content (AvgIpc) is 3.13. The summed E-state index contributed by atoms with van der Waals surface area (Å²) in [6.45, 7) is 6.44. The van der Waals surface area contributed by atoms with Crippen LogP contribution in [0.1, 0.15) is 41.1 Å². The molecule has 0 radical (unpaired) electrons. The highest BCUT2D eigenvalue weighted by atomic mass is 16.2. The number of pyridine rings is 1. The minimum absolute atomic E-state index is 0.0136. The Kier molecular flexibility index (Phi) is 5.64. The molecule has 7 nitrogen and oxygen atoms in total. The number of nitrogens with zero attached hydrogens (tertiary/aromatic N) is 6. The molecule has 7 heteroatoms. The lowest BCUT2D eigenvalue weighted by atomic mass is 9.93. The Morgan fingerprint density at radius 2 is 1.90 bits per heavy atom. The van der Waals surface area contributed by atoms with E-state index < -0.39 is 0 Å². The van der Waals surface area contributed by atoms with E-state index in [2.05, 4.69) is 31.4 Å². The van der Waals surface area contributed by atoms with Crippen LogP contribution in [-0.2, 0) is 6.54 Å². The van der Waals surface area contributed by atoms with Crippen LogP contribution >= 0.6 is 0 Å². The molecule has 0 aliphatic carbocycles. The highest BCUT2D eigenvalue weighted by Crippen LogP contribution is 2.25.